The lowest BCUT2D eigenvalue weighted by atomic mass is 10.1. The average Bonchev–Trinajstić information content (AvgIpc) is 3.02. The first-order chi connectivity index (χ1) is 12.1. The lowest BCUT2D eigenvalue weighted by molar-refractivity contribution is -0.128. The highest BCUT2D eigenvalue weighted by molar-refractivity contribution is 7.22. The van der Waals surface area contributed by atoms with Gasteiger partial charge in [0.15, 0.2) is 16.6 Å². The predicted octanol–water partition coefficient (Wildman–Crippen LogP) is 3.47. The van der Waals surface area contributed by atoms with E-state index in [4.69, 9.17) is 14.2 Å². The largest absolute Gasteiger partial charge is 0.497 e. The number of fused-ring (bicyclic) bond motifs is 2. The molecular weight excluding hydrogens is 340 g/mol. The minimum Gasteiger partial charge on any atom is -0.497 e. The SMILES string of the molecule is COc1ccc2nc(NC(=O)C3Oc4ccccc4OC3C)sc2c1. The highest BCUT2D eigenvalue weighted by atomic mass is 32.1. The molecule has 0 spiro atoms. The number of rotatable bonds is 3. The third kappa shape index (κ3) is 2.98. The number of hydrogen-bond donors (Lipinski definition) is 1. The topological polar surface area (TPSA) is 69.7 Å². The second-order valence-electron chi connectivity index (χ2n) is 5.65. The third-order valence-electron chi connectivity index (χ3n) is 3.93. The van der Waals surface area contributed by atoms with E-state index in [9.17, 15) is 4.79 Å². The molecule has 2 atom stereocenters. The van der Waals surface area contributed by atoms with Crippen LogP contribution in [0.2, 0.25) is 0 Å². The summed E-state index contributed by atoms with van der Waals surface area (Å²) in [5.74, 6) is 1.68. The molecule has 3 aromatic rings. The summed E-state index contributed by atoms with van der Waals surface area (Å²) in [6.45, 7) is 1.81. The summed E-state index contributed by atoms with van der Waals surface area (Å²) in [6.07, 6.45) is -1.14. The van der Waals surface area contributed by atoms with E-state index in [-0.39, 0.29) is 5.91 Å². The first-order valence-electron chi connectivity index (χ1n) is 7.82. The van der Waals surface area contributed by atoms with Gasteiger partial charge in [0.1, 0.15) is 11.9 Å². The van der Waals surface area contributed by atoms with Crippen LogP contribution in [0.15, 0.2) is 42.5 Å². The Bertz CT molecular complexity index is 940. The van der Waals surface area contributed by atoms with Crippen molar-refractivity contribution in [3.63, 3.8) is 0 Å². The summed E-state index contributed by atoms with van der Waals surface area (Å²) in [5.41, 5.74) is 0.806. The van der Waals surface area contributed by atoms with Gasteiger partial charge >= 0.3 is 0 Å². The number of carbonyl (C=O) groups excluding carboxylic acids is 1. The highest BCUT2D eigenvalue weighted by Crippen LogP contribution is 2.34. The number of nitrogens with one attached hydrogen (secondary N) is 1. The lowest BCUT2D eigenvalue weighted by Gasteiger charge is -2.30. The summed E-state index contributed by atoms with van der Waals surface area (Å²) >= 11 is 1.39. The van der Waals surface area contributed by atoms with Gasteiger partial charge in [-0.25, -0.2) is 4.98 Å². The lowest BCUT2D eigenvalue weighted by Crippen LogP contribution is -2.46. The molecule has 1 aromatic heterocycles. The number of anilines is 1. The van der Waals surface area contributed by atoms with Gasteiger partial charge in [-0.15, -0.1) is 0 Å². The molecule has 0 saturated heterocycles. The van der Waals surface area contributed by atoms with Crippen LogP contribution in [-0.2, 0) is 4.79 Å². The molecule has 0 bridgehead atoms. The maximum absolute atomic E-state index is 12.6. The van der Waals surface area contributed by atoms with Crippen LogP contribution in [0.25, 0.3) is 10.2 Å². The molecule has 4 rings (SSSR count). The van der Waals surface area contributed by atoms with Crippen molar-refractivity contribution in [2.24, 2.45) is 0 Å². The molecule has 6 nitrogen and oxygen atoms in total. The number of para-hydroxylation sites is 2. The van der Waals surface area contributed by atoms with Crippen LogP contribution in [-0.4, -0.2) is 30.2 Å². The molecule has 1 amide bonds. The molecule has 1 N–H and O–H groups in total. The highest BCUT2D eigenvalue weighted by Gasteiger charge is 2.34. The Morgan fingerprint density at radius 1 is 1.20 bits per heavy atom. The third-order valence-corrected chi connectivity index (χ3v) is 4.86. The second-order valence-corrected chi connectivity index (χ2v) is 6.68. The van der Waals surface area contributed by atoms with Gasteiger partial charge in [-0.2, -0.15) is 0 Å². The second kappa shape index (κ2) is 6.25. The fraction of sp³-hybridized carbons (Fsp3) is 0.222. The van der Waals surface area contributed by atoms with Gasteiger partial charge in [0, 0.05) is 0 Å². The molecule has 128 valence electrons. The zero-order valence-electron chi connectivity index (χ0n) is 13.7. The zero-order valence-corrected chi connectivity index (χ0v) is 14.5. The van der Waals surface area contributed by atoms with Gasteiger partial charge in [-0.1, -0.05) is 23.5 Å². The van der Waals surface area contributed by atoms with Gasteiger partial charge in [0.05, 0.1) is 17.3 Å². The molecule has 0 radical (unpaired) electrons. The fourth-order valence-corrected chi connectivity index (χ4v) is 3.57. The Kier molecular flexibility index (Phi) is 3.93. The van der Waals surface area contributed by atoms with E-state index in [0.29, 0.717) is 16.6 Å². The molecule has 1 aliphatic rings. The molecule has 2 aromatic carbocycles. The Balaban J connectivity index is 1.54. The molecule has 2 unspecified atom stereocenters. The summed E-state index contributed by atoms with van der Waals surface area (Å²) in [5, 5.41) is 3.34. The van der Waals surface area contributed by atoms with E-state index in [2.05, 4.69) is 10.3 Å². The van der Waals surface area contributed by atoms with E-state index in [1.54, 1.807) is 13.2 Å². The van der Waals surface area contributed by atoms with Crippen LogP contribution >= 0.6 is 11.3 Å². The predicted molar refractivity (Wildman–Crippen MR) is 95.7 cm³/mol. The van der Waals surface area contributed by atoms with Crippen molar-refractivity contribution in [2.75, 3.05) is 12.4 Å². The van der Waals surface area contributed by atoms with Crippen LogP contribution in [0.3, 0.4) is 0 Å². The van der Waals surface area contributed by atoms with E-state index >= 15 is 0 Å². The molecular formula is C18H16N2O4S. The van der Waals surface area contributed by atoms with Crippen molar-refractivity contribution in [1.82, 2.24) is 4.98 Å². The van der Waals surface area contributed by atoms with Crippen LogP contribution in [0.4, 0.5) is 5.13 Å². The van der Waals surface area contributed by atoms with E-state index in [1.807, 2.05) is 43.3 Å². The van der Waals surface area contributed by atoms with Crippen molar-refractivity contribution in [1.29, 1.82) is 0 Å². The normalized spacial score (nSPS) is 18.8. The number of amides is 1. The number of thiazole rings is 1. The summed E-state index contributed by atoms with van der Waals surface area (Å²) in [4.78, 5) is 17.0. The van der Waals surface area contributed by atoms with Gasteiger partial charge in [-0.3, -0.25) is 10.1 Å². The molecule has 2 heterocycles. The molecule has 0 aliphatic carbocycles. The van der Waals surface area contributed by atoms with Crippen LogP contribution < -0.4 is 19.5 Å². The van der Waals surface area contributed by atoms with Crippen molar-refractivity contribution < 1.29 is 19.0 Å². The first-order valence-corrected chi connectivity index (χ1v) is 8.63. The molecule has 0 saturated carbocycles. The van der Waals surface area contributed by atoms with E-state index < -0.39 is 12.2 Å². The van der Waals surface area contributed by atoms with Crippen molar-refractivity contribution in [2.45, 2.75) is 19.1 Å². The summed E-state index contributed by atoms with van der Waals surface area (Å²) in [7, 11) is 1.62. The standard InChI is InChI=1S/C18H16N2O4S/c1-10-16(24-14-6-4-3-5-13(14)23-10)17(21)20-18-19-12-8-7-11(22-2)9-15(12)25-18/h3-10,16H,1-2H3,(H,19,20,21). The van der Waals surface area contributed by atoms with Crippen LogP contribution in [0.1, 0.15) is 6.92 Å². The number of ether oxygens (including phenoxy) is 3. The Morgan fingerprint density at radius 3 is 2.72 bits per heavy atom. The molecule has 0 fully saturated rings. The maximum Gasteiger partial charge on any atom is 0.271 e. The Morgan fingerprint density at radius 2 is 1.96 bits per heavy atom. The van der Waals surface area contributed by atoms with Crippen molar-refractivity contribution >= 4 is 32.6 Å². The quantitative estimate of drug-likeness (QED) is 0.778. The summed E-state index contributed by atoms with van der Waals surface area (Å²) < 4.78 is 17.7. The van der Waals surface area contributed by atoms with Crippen molar-refractivity contribution in [3.05, 3.63) is 42.5 Å². The van der Waals surface area contributed by atoms with Gasteiger partial charge in [0.25, 0.3) is 5.91 Å². The average molecular weight is 356 g/mol. The number of hydrogen-bond acceptors (Lipinski definition) is 6. The van der Waals surface area contributed by atoms with Crippen LogP contribution in [0.5, 0.6) is 17.2 Å². The van der Waals surface area contributed by atoms with E-state index in [1.165, 1.54) is 11.3 Å². The van der Waals surface area contributed by atoms with Gasteiger partial charge in [0.2, 0.25) is 6.10 Å². The van der Waals surface area contributed by atoms with Gasteiger partial charge in [-0.05, 0) is 37.3 Å². The van der Waals surface area contributed by atoms with Crippen molar-refractivity contribution in [3.8, 4) is 17.2 Å². The number of aromatic nitrogens is 1. The number of benzene rings is 2. The Labute approximate surface area is 148 Å². The van der Waals surface area contributed by atoms with Gasteiger partial charge < -0.3 is 14.2 Å². The van der Waals surface area contributed by atoms with E-state index in [0.717, 1.165) is 16.0 Å². The number of carbonyl (C=O) groups is 1. The molecule has 7 heteroatoms. The fourth-order valence-electron chi connectivity index (χ4n) is 2.67. The number of methoxy groups -OCH3 is 1. The maximum atomic E-state index is 12.6. The van der Waals surface area contributed by atoms with Crippen LogP contribution in [0, 0.1) is 0 Å². The zero-order chi connectivity index (χ0) is 17.4. The smallest absolute Gasteiger partial charge is 0.271 e. The molecule has 1 aliphatic heterocycles. The summed E-state index contributed by atoms with van der Waals surface area (Å²) in [6, 6.07) is 12.9. The minimum atomic E-state index is -0.739. The number of nitrogens with zero attached hydrogens (tertiary/aromatic N) is 1. The first kappa shape index (κ1) is 15.7. The minimum absolute atomic E-state index is 0.284. The monoisotopic (exact) mass is 356 g/mol. The Hall–Kier alpha value is -2.80. The molecule has 25 heavy (non-hydrogen) atoms.